The van der Waals surface area contributed by atoms with Crippen LogP contribution >= 0.6 is 0 Å². The van der Waals surface area contributed by atoms with Crippen molar-refractivity contribution >= 4 is 10.0 Å². The van der Waals surface area contributed by atoms with Crippen molar-refractivity contribution in [2.45, 2.75) is 51.0 Å². The lowest BCUT2D eigenvalue weighted by molar-refractivity contribution is 0.230. The molecule has 1 aliphatic carbocycles. The molecule has 2 aliphatic rings. The molecule has 2 rings (SSSR count). The standard InChI is InChI=1S/C13H26N2O2S/c1-18(16,17)15-8-4-5-11(10-15)9-13(14)12-6-2-3-7-12/h11-13H,2-10,14H2,1H3. The lowest BCUT2D eigenvalue weighted by atomic mass is 9.86. The lowest BCUT2D eigenvalue weighted by Gasteiger charge is -2.33. The zero-order valence-electron chi connectivity index (χ0n) is 11.3. The summed E-state index contributed by atoms with van der Waals surface area (Å²) in [5.74, 6) is 1.14. The first-order chi connectivity index (χ1) is 8.47. The van der Waals surface area contributed by atoms with Gasteiger partial charge in [0.1, 0.15) is 0 Å². The van der Waals surface area contributed by atoms with Crippen LogP contribution < -0.4 is 5.73 Å². The van der Waals surface area contributed by atoms with E-state index in [0.717, 1.165) is 19.3 Å². The largest absolute Gasteiger partial charge is 0.327 e. The van der Waals surface area contributed by atoms with Gasteiger partial charge in [0.25, 0.3) is 0 Å². The van der Waals surface area contributed by atoms with Crippen LogP contribution in [0, 0.1) is 11.8 Å². The van der Waals surface area contributed by atoms with Crippen LogP contribution in [0.15, 0.2) is 0 Å². The van der Waals surface area contributed by atoms with Gasteiger partial charge in [-0.15, -0.1) is 0 Å². The third-order valence-electron chi connectivity index (χ3n) is 4.56. The molecule has 0 spiro atoms. The molecule has 2 fully saturated rings. The summed E-state index contributed by atoms with van der Waals surface area (Å²) < 4.78 is 24.8. The Morgan fingerprint density at radius 1 is 1.22 bits per heavy atom. The quantitative estimate of drug-likeness (QED) is 0.846. The molecule has 0 aromatic heterocycles. The monoisotopic (exact) mass is 274 g/mol. The van der Waals surface area contributed by atoms with Gasteiger partial charge in [0, 0.05) is 19.1 Å². The fourth-order valence-electron chi connectivity index (χ4n) is 3.48. The average Bonchev–Trinajstić information content (AvgIpc) is 2.81. The van der Waals surface area contributed by atoms with E-state index in [1.54, 1.807) is 4.31 Å². The van der Waals surface area contributed by atoms with Crippen LogP contribution in [0.2, 0.25) is 0 Å². The predicted molar refractivity (Wildman–Crippen MR) is 73.7 cm³/mol. The third kappa shape index (κ3) is 3.68. The second kappa shape index (κ2) is 5.88. The average molecular weight is 274 g/mol. The van der Waals surface area contributed by atoms with E-state index < -0.39 is 10.0 Å². The van der Waals surface area contributed by atoms with E-state index in [0.29, 0.717) is 24.9 Å². The second-order valence-corrected chi connectivity index (χ2v) is 8.06. The van der Waals surface area contributed by atoms with Crippen LogP contribution in [-0.4, -0.2) is 38.1 Å². The number of hydrogen-bond acceptors (Lipinski definition) is 3. The van der Waals surface area contributed by atoms with Gasteiger partial charge in [0.05, 0.1) is 6.26 Å². The molecule has 0 bridgehead atoms. The van der Waals surface area contributed by atoms with E-state index in [1.165, 1.54) is 31.9 Å². The van der Waals surface area contributed by atoms with Crippen molar-refractivity contribution < 1.29 is 8.42 Å². The first kappa shape index (κ1) is 14.3. The summed E-state index contributed by atoms with van der Waals surface area (Å²) in [7, 11) is -3.02. The summed E-state index contributed by atoms with van der Waals surface area (Å²) in [4.78, 5) is 0. The topological polar surface area (TPSA) is 63.4 Å². The first-order valence-corrected chi connectivity index (χ1v) is 9.02. The van der Waals surface area contributed by atoms with Crippen molar-refractivity contribution in [2.24, 2.45) is 17.6 Å². The van der Waals surface area contributed by atoms with Gasteiger partial charge in [-0.2, -0.15) is 0 Å². The molecule has 4 nitrogen and oxygen atoms in total. The molecule has 2 N–H and O–H groups in total. The first-order valence-electron chi connectivity index (χ1n) is 7.17. The van der Waals surface area contributed by atoms with Crippen LogP contribution in [-0.2, 0) is 10.0 Å². The van der Waals surface area contributed by atoms with E-state index in [2.05, 4.69) is 0 Å². The Kier molecular flexibility index (Phi) is 4.67. The minimum Gasteiger partial charge on any atom is -0.327 e. The summed E-state index contributed by atoms with van der Waals surface area (Å²) in [5.41, 5.74) is 6.30. The summed E-state index contributed by atoms with van der Waals surface area (Å²) in [6, 6.07) is 0.275. The SMILES string of the molecule is CS(=O)(=O)N1CCCC(CC(N)C2CCCC2)C1. The Bertz CT molecular complexity index is 363. The molecule has 1 aliphatic heterocycles. The molecule has 0 radical (unpaired) electrons. The second-order valence-electron chi connectivity index (χ2n) is 6.07. The Hall–Kier alpha value is -0.130. The molecule has 2 atom stereocenters. The van der Waals surface area contributed by atoms with Gasteiger partial charge in [-0.1, -0.05) is 12.8 Å². The molecule has 2 unspecified atom stereocenters. The lowest BCUT2D eigenvalue weighted by Crippen LogP contribution is -2.42. The fraction of sp³-hybridized carbons (Fsp3) is 1.00. The van der Waals surface area contributed by atoms with Crippen molar-refractivity contribution in [1.29, 1.82) is 0 Å². The molecule has 0 amide bonds. The van der Waals surface area contributed by atoms with Crippen molar-refractivity contribution in [2.75, 3.05) is 19.3 Å². The molecule has 0 aromatic rings. The highest BCUT2D eigenvalue weighted by molar-refractivity contribution is 7.88. The highest BCUT2D eigenvalue weighted by atomic mass is 32.2. The maximum absolute atomic E-state index is 11.6. The van der Waals surface area contributed by atoms with E-state index in [9.17, 15) is 8.42 Å². The van der Waals surface area contributed by atoms with E-state index in [4.69, 9.17) is 5.73 Å². The minimum absolute atomic E-state index is 0.275. The third-order valence-corrected chi connectivity index (χ3v) is 5.83. The van der Waals surface area contributed by atoms with Gasteiger partial charge in [0.2, 0.25) is 10.0 Å². The smallest absolute Gasteiger partial charge is 0.211 e. The molecule has 1 saturated heterocycles. The van der Waals surface area contributed by atoms with Crippen molar-refractivity contribution in [1.82, 2.24) is 4.31 Å². The van der Waals surface area contributed by atoms with E-state index in [-0.39, 0.29) is 6.04 Å². The fourth-order valence-corrected chi connectivity index (χ4v) is 4.43. The van der Waals surface area contributed by atoms with E-state index >= 15 is 0 Å². The molecule has 0 aromatic carbocycles. The van der Waals surface area contributed by atoms with Crippen LogP contribution in [0.1, 0.15) is 44.9 Å². The summed E-state index contributed by atoms with van der Waals surface area (Å²) in [5, 5.41) is 0. The number of hydrogen-bond donors (Lipinski definition) is 1. The molecular weight excluding hydrogens is 248 g/mol. The van der Waals surface area contributed by atoms with Crippen molar-refractivity contribution in [3.8, 4) is 0 Å². The Labute approximate surface area is 111 Å². The van der Waals surface area contributed by atoms with E-state index in [1.807, 2.05) is 0 Å². The number of nitrogens with zero attached hydrogens (tertiary/aromatic N) is 1. The Morgan fingerprint density at radius 3 is 2.50 bits per heavy atom. The molecule has 5 heteroatoms. The van der Waals surface area contributed by atoms with Crippen LogP contribution in [0.3, 0.4) is 0 Å². The maximum Gasteiger partial charge on any atom is 0.211 e. The van der Waals surface area contributed by atoms with Gasteiger partial charge >= 0.3 is 0 Å². The van der Waals surface area contributed by atoms with Crippen LogP contribution in [0.25, 0.3) is 0 Å². The number of sulfonamides is 1. The highest BCUT2D eigenvalue weighted by Gasteiger charge is 2.29. The molecular formula is C13H26N2O2S. The van der Waals surface area contributed by atoms with Crippen molar-refractivity contribution in [3.05, 3.63) is 0 Å². The maximum atomic E-state index is 11.6. The zero-order chi connectivity index (χ0) is 13.2. The van der Waals surface area contributed by atoms with Gasteiger partial charge in [-0.3, -0.25) is 0 Å². The Morgan fingerprint density at radius 2 is 1.89 bits per heavy atom. The summed E-state index contributed by atoms with van der Waals surface area (Å²) in [6.07, 6.45) is 9.59. The molecule has 1 saturated carbocycles. The molecule has 1 heterocycles. The highest BCUT2D eigenvalue weighted by Crippen LogP contribution is 2.31. The Balaban J connectivity index is 1.85. The minimum atomic E-state index is -3.02. The van der Waals surface area contributed by atoms with Gasteiger partial charge in [0.15, 0.2) is 0 Å². The van der Waals surface area contributed by atoms with Crippen LogP contribution in [0.5, 0.6) is 0 Å². The van der Waals surface area contributed by atoms with Gasteiger partial charge in [-0.25, -0.2) is 12.7 Å². The summed E-state index contributed by atoms with van der Waals surface area (Å²) >= 11 is 0. The van der Waals surface area contributed by atoms with Crippen molar-refractivity contribution in [3.63, 3.8) is 0 Å². The number of piperidine rings is 1. The zero-order valence-corrected chi connectivity index (χ0v) is 12.2. The summed E-state index contributed by atoms with van der Waals surface area (Å²) in [6.45, 7) is 1.37. The van der Waals surface area contributed by atoms with Gasteiger partial charge in [-0.05, 0) is 43.9 Å². The van der Waals surface area contributed by atoms with Gasteiger partial charge < -0.3 is 5.73 Å². The normalized spacial score (nSPS) is 29.6. The molecule has 106 valence electrons. The number of nitrogens with two attached hydrogens (primary N) is 1. The predicted octanol–water partition coefficient (Wildman–Crippen LogP) is 1.57. The van der Waals surface area contributed by atoms with Crippen LogP contribution in [0.4, 0.5) is 0 Å². The number of rotatable bonds is 4. The molecule has 18 heavy (non-hydrogen) atoms.